The molecule has 1 unspecified atom stereocenters. The molecule has 14 heavy (non-hydrogen) atoms. The Kier molecular flexibility index (Phi) is 2.60. The normalized spacial score (nSPS) is 12.4. The van der Waals surface area contributed by atoms with Gasteiger partial charge in [-0.15, -0.1) is 0 Å². The van der Waals surface area contributed by atoms with E-state index in [9.17, 15) is 9.59 Å². The fourth-order valence-electron chi connectivity index (χ4n) is 1.08. The molecule has 0 aromatic carbocycles. The van der Waals surface area contributed by atoms with Gasteiger partial charge in [-0.2, -0.15) is 0 Å². The van der Waals surface area contributed by atoms with E-state index in [-0.39, 0.29) is 5.69 Å². The molecule has 5 nitrogen and oxygen atoms in total. The Morgan fingerprint density at radius 3 is 2.71 bits per heavy atom. The van der Waals surface area contributed by atoms with Crippen LogP contribution in [0, 0.1) is 6.92 Å². The lowest BCUT2D eigenvalue weighted by Crippen LogP contribution is -2.29. The summed E-state index contributed by atoms with van der Waals surface area (Å²) in [6, 6.07) is 0.723. The maximum atomic E-state index is 11.5. The van der Waals surface area contributed by atoms with Crippen LogP contribution in [0.1, 0.15) is 18.5 Å². The summed E-state index contributed by atoms with van der Waals surface area (Å²) in [7, 11) is 0. The number of hydrogen-bond acceptors (Lipinski definition) is 3. The quantitative estimate of drug-likeness (QED) is 0.716. The van der Waals surface area contributed by atoms with Gasteiger partial charge in [0.25, 0.3) is 5.56 Å². The van der Waals surface area contributed by atoms with Crippen LogP contribution in [-0.4, -0.2) is 15.6 Å². The van der Waals surface area contributed by atoms with Crippen LogP contribution in [0.15, 0.2) is 17.1 Å². The van der Waals surface area contributed by atoms with Gasteiger partial charge in [-0.25, -0.2) is 4.79 Å². The fraction of sp³-hybridized carbons (Fsp3) is 0.333. The molecule has 0 saturated heterocycles. The van der Waals surface area contributed by atoms with Crippen molar-refractivity contribution in [1.82, 2.24) is 4.57 Å². The molecular weight excluding hydrogens is 184 g/mol. The van der Waals surface area contributed by atoms with E-state index in [0.29, 0.717) is 5.56 Å². The molecule has 0 saturated carbocycles. The minimum atomic E-state index is -1.06. The van der Waals surface area contributed by atoms with Crippen molar-refractivity contribution in [1.29, 1.82) is 0 Å². The molecule has 0 aliphatic rings. The van der Waals surface area contributed by atoms with Crippen LogP contribution in [0.4, 0.5) is 5.69 Å². The molecule has 0 radical (unpaired) electrons. The number of aliphatic carboxylic acids is 1. The number of pyridine rings is 1. The summed E-state index contributed by atoms with van der Waals surface area (Å²) in [5.74, 6) is -1.06. The lowest BCUT2D eigenvalue weighted by Gasteiger charge is -2.11. The van der Waals surface area contributed by atoms with E-state index in [1.54, 1.807) is 13.0 Å². The van der Waals surface area contributed by atoms with Gasteiger partial charge in [0, 0.05) is 6.20 Å². The van der Waals surface area contributed by atoms with Crippen LogP contribution >= 0.6 is 0 Å². The van der Waals surface area contributed by atoms with Gasteiger partial charge in [0.1, 0.15) is 11.7 Å². The molecule has 1 aromatic heterocycles. The van der Waals surface area contributed by atoms with Crippen molar-refractivity contribution in [2.75, 3.05) is 5.73 Å². The molecule has 1 aromatic rings. The number of rotatable bonds is 2. The molecule has 0 bridgehead atoms. The van der Waals surface area contributed by atoms with Gasteiger partial charge in [-0.3, -0.25) is 9.36 Å². The predicted molar refractivity (Wildman–Crippen MR) is 52.2 cm³/mol. The van der Waals surface area contributed by atoms with E-state index in [1.807, 2.05) is 0 Å². The highest BCUT2D eigenvalue weighted by atomic mass is 16.4. The Hall–Kier alpha value is -1.78. The number of hydrogen-bond donors (Lipinski definition) is 2. The molecule has 5 heteroatoms. The van der Waals surface area contributed by atoms with Crippen molar-refractivity contribution < 1.29 is 9.90 Å². The second-order valence-electron chi connectivity index (χ2n) is 3.14. The Balaban J connectivity index is 3.32. The van der Waals surface area contributed by atoms with Crippen molar-refractivity contribution in [3.63, 3.8) is 0 Å². The van der Waals surface area contributed by atoms with Crippen molar-refractivity contribution in [2.45, 2.75) is 19.9 Å². The number of nitrogens with two attached hydrogens (primary N) is 1. The Labute approximate surface area is 80.8 Å². The topological polar surface area (TPSA) is 85.3 Å². The third-order valence-corrected chi connectivity index (χ3v) is 2.15. The Morgan fingerprint density at radius 2 is 2.21 bits per heavy atom. The number of nitrogen functional groups attached to an aromatic ring is 1. The molecule has 1 atom stereocenters. The van der Waals surface area contributed by atoms with Crippen LogP contribution in [0.25, 0.3) is 0 Å². The molecule has 0 aliphatic heterocycles. The summed E-state index contributed by atoms with van der Waals surface area (Å²) in [6.07, 6.45) is 1.44. The maximum Gasteiger partial charge on any atom is 0.326 e. The van der Waals surface area contributed by atoms with E-state index in [4.69, 9.17) is 10.8 Å². The van der Waals surface area contributed by atoms with Gasteiger partial charge in [-0.1, -0.05) is 0 Å². The average molecular weight is 196 g/mol. The first-order valence-corrected chi connectivity index (χ1v) is 4.15. The standard InChI is InChI=1S/C9H12N2O3/c1-5-3-4-11(6(2)9(13)14)8(12)7(5)10/h3-4,6H,10H2,1-2H3,(H,13,14). The van der Waals surface area contributed by atoms with Crippen LogP contribution in [0.3, 0.4) is 0 Å². The summed E-state index contributed by atoms with van der Waals surface area (Å²) in [5, 5.41) is 8.72. The van der Waals surface area contributed by atoms with E-state index >= 15 is 0 Å². The van der Waals surface area contributed by atoms with Gasteiger partial charge >= 0.3 is 5.97 Å². The third-order valence-electron chi connectivity index (χ3n) is 2.15. The van der Waals surface area contributed by atoms with Gasteiger partial charge in [0.05, 0.1) is 0 Å². The molecule has 1 rings (SSSR count). The molecule has 1 heterocycles. The second kappa shape index (κ2) is 3.53. The molecule has 76 valence electrons. The Bertz CT molecular complexity index is 423. The van der Waals surface area contributed by atoms with Gasteiger partial charge in [-0.05, 0) is 25.5 Å². The highest BCUT2D eigenvalue weighted by Crippen LogP contribution is 2.07. The highest BCUT2D eigenvalue weighted by molar-refractivity contribution is 5.71. The van der Waals surface area contributed by atoms with Crippen molar-refractivity contribution in [3.05, 3.63) is 28.2 Å². The minimum Gasteiger partial charge on any atom is -0.480 e. The fourth-order valence-corrected chi connectivity index (χ4v) is 1.08. The van der Waals surface area contributed by atoms with E-state index in [2.05, 4.69) is 0 Å². The maximum absolute atomic E-state index is 11.5. The number of anilines is 1. The van der Waals surface area contributed by atoms with Crippen LogP contribution in [0.2, 0.25) is 0 Å². The first-order chi connectivity index (χ1) is 6.45. The number of carboxylic acid groups (broad SMARTS) is 1. The number of aryl methyl sites for hydroxylation is 1. The zero-order valence-corrected chi connectivity index (χ0v) is 8.02. The molecular formula is C9H12N2O3. The zero-order chi connectivity index (χ0) is 10.9. The highest BCUT2D eigenvalue weighted by Gasteiger charge is 2.15. The third kappa shape index (κ3) is 1.61. The van der Waals surface area contributed by atoms with Gasteiger partial charge in [0.2, 0.25) is 0 Å². The summed E-state index contributed by atoms with van der Waals surface area (Å²) in [4.78, 5) is 22.2. The SMILES string of the molecule is Cc1ccn(C(C)C(=O)O)c(=O)c1N. The summed E-state index contributed by atoms with van der Waals surface area (Å²) in [5.41, 5.74) is 5.79. The monoisotopic (exact) mass is 196 g/mol. The van der Waals surface area contributed by atoms with Crippen molar-refractivity contribution >= 4 is 11.7 Å². The van der Waals surface area contributed by atoms with Crippen molar-refractivity contribution in [2.24, 2.45) is 0 Å². The summed E-state index contributed by atoms with van der Waals surface area (Å²) in [6.45, 7) is 3.13. The first kappa shape index (κ1) is 10.3. The lowest BCUT2D eigenvalue weighted by atomic mass is 10.2. The van der Waals surface area contributed by atoms with E-state index < -0.39 is 17.6 Å². The minimum absolute atomic E-state index is 0.0978. The molecule has 3 N–H and O–H groups in total. The molecule has 0 spiro atoms. The zero-order valence-electron chi connectivity index (χ0n) is 8.02. The van der Waals surface area contributed by atoms with Gasteiger partial charge in [0.15, 0.2) is 0 Å². The smallest absolute Gasteiger partial charge is 0.326 e. The van der Waals surface area contributed by atoms with Crippen LogP contribution < -0.4 is 11.3 Å². The van der Waals surface area contributed by atoms with Crippen LogP contribution in [0.5, 0.6) is 0 Å². The number of carbonyl (C=O) groups is 1. The van der Waals surface area contributed by atoms with Gasteiger partial charge < -0.3 is 10.8 Å². The number of nitrogens with zero attached hydrogens (tertiary/aromatic N) is 1. The average Bonchev–Trinajstić information content (AvgIpc) is 2.13. The van der Waals surface area contributed by atoms with Crippen molar-refractivity contribution in [3.8, 4) is 0 Å². The number of aromatic nitrogens is 1. The molecule has 0 amide bonds. The second-order valence-corrected chi connectivity index (χ2v) is 3.14. The van der Waals surface area contributed by atoms with Crippen LogP contribution in [-0.2, 0) is 4.79 Å². The largest absolute Gasteiger partial charge is 0.480 e. The number of carboxylic acids is 1. The first-order valence-electron chi connectivity index (χ1n) is 4.15. The Morgan fingerprint density at radius 1 is 1.64 bits per heavy atom. The van der Waals surface area contributed by atoms with E-state index in [0.717, 1.165) is 4.57 Å². The summed E-state index contributed by atoms with van der Waals surface area (Å²) >= 11 is 0. The predicted octanol–water partition coefficient (Wildman–Crippen LogP) is 0.385. The molecule has 0 fully saturated rings. The summed E-state index contributed by atoms with van der Waals surface area (Å²) < 4.78 is 1.10. The molecule has 0 aliphatic carbocycles. The van der Waals surface area contributed by atoms with E-state index in [1.165, 1.54) is 13.1 Å². The lowest BCUT2D eigenvalue weighted by molar-refractivity contribution is -0.140.